The Balaban J connectivity index is 2.14. The van der Waals surface area contributed by atoms with E-state index in [-0.39, 0.29) is 0 Å². The summed E-state index contributed by atoms with van der Waals surface area (Å²) in [6.07, 6.45) is 2.59. The number of aromatic nitrogens is 1. The van der Waals surface area contributed by atoms with E-state index >= 15 is 0 Å². The molecule has 0 aliphatic rings. The van der Waals surface area contributed by atoms with E-state index in [9.17, 15) is 8.42 Å². The van der Waals surface area contributed by atoms with E-state index in [0.29, 0.717) is 11.5 Å². The predicted octanol–water partition coefficient (Wildman–Crippen LogP) is 2.81. The first-order chi connectivity index (χ1) is 9.33. The number of sulfonamides is 1. The Labute approximate surface area is 119 Å². The molecule has 0 fully saturated rings. The zero-order valence-corrected chi connectivity index (χ0v) is 12.5. The van der Waals surface area contributed by atoms with E-state index in [1.54, 1.807) is 12.1 Å². The van der Waals surface area contributed by atoms with Crippen molar-refractivity contribution in [2.75, 3.05) is 16.3 Å². The zero-order valence-electron chi connectivity index (χ0n) is 11.6. The summed E-state index contributed by atoms with van der Waals surface area (Å²) in [6, 6.07) is 9.50. The van der Waals surface area contributed by atoms with Crippen molar-refractivity contribution < 1.29 is 8.42 Å². The topological polar surface area (TPSA) is 71.1 Å². The highest BCUT2D eigenvalue weighted by atomic mass is 32.2. The molecule has 5 nitrogen and oxygen atoms in total. The van der Waals surface area contributed by atoms with Crippen molar-refractivity contribution in [2.45, 2.75) is 13.8 Å². The molecule has 0 unspecified atom stereocenters. The number of nitrogens with one attached hydrogen (secondary N) is 2. The maximum atomic E-state index is 11.1. The van der Waals surface area contributed by atoms with E-state index in [0.717, 1.165) is 17.5 Å². The van der Waals surface area contributed by atoms with E-state index in [1.165, 1.54) is 11.8 Å². The number of rotatable bonds is 4. The first kappa shape index (κ1) is 14.3. The molecule has 0 spiro atoms. The molecule has 0 radical (unpaired) electrons. The summed E-state index contributed by atoms with van der Waals surface area (Å²) < 4.78 is 24.6. The number of hydrogen-bond donors (Lipinski definition) is 2. The molecule has 2 N–H and O–H groups in total. The van der Waals surface area contributed by atoms with Crippen LogP contribution in [0.15, 0.2) is 36.5 Å². The Bertz CT molecular complexity index is 710. The van der Waals surface area contributed by atoms with E-state index in [2.05, 4.69) is 21.1 Å². The first-order valence-electron chi connectivity index (χ1n) is 6.11. The smallest absolute Gasteiger partial charge is 0.229 e. The molecule has 2 rings (SSSR count). The molecular weight excluding hydrogens is 274 g/mol. The molecule has 0 aliphatic carbocycles. The van der Waals surface area contributed by atoms with Crippen LogP contribution in [0.1, 0.15) is 11.1 Å². The molecule has 1 heterocycles. The highest BCUT2D eigenvalue weighted by Crippen LogP contribution is 2.21. The lowest BCUT2D eigenvalue weighted by atomic mass is 10.1. The van der Waals surface area contributed by atoms with E-state index in [4.69, 9.17) is 0 Å². The molecule has 0 saturated carbocycles. The third-order valence-electron chi connectivity index (χ3n) is 2.71. The van der Waals surface area contributed by atoms with E-state index in [1.807, 2.05) is 26.0 Å². The fourth-order valence-corrected chi connectivity index (χ4v) is 2.38. The number of anilines is 3. The van der Waals surface area contributed by atoms with Crippen LogP contribution in [0.4, 0.5) is 17.2 Å². The van der Waals surface area contributed by atoms with Crippen LogP contribution < -0.4 is 10.0 Å². The fraction of sp³-hybridized carbons (Fsp3) is 0.214. The molecule has 1 aromatic carbocycles. The largest absolute Gasteiger partial charge is 0.340 e. The Hall–Kier alpha value is -2.08. The van der Waals surface area contributed by atoms with Crippen LogP contribution in [0.2, 0.25) is 0 Å². The summed E-state index contributed by atoms with van der Waals surface area (Å²) in [7, 11) is -3.27. The SMILES string of the molecule is Cc1ccc(Nc2ccc(NS(C)(=O)=O)cn2)c(C)c1. The lowest BCUT2D eigenvalue weighted by Gasteiger charge is -2.10. The van der Waals surface area contributed by atoms with Gasteiger partial charge in [0.1, 0.15) is 5.82 Å². The van der Waals surface area contributed by atoms with Crippen LogP contribution in [0, 0.1) is 13.8 Å². The summed E-state index contributed by atoms with van der Waals surface area (Å²) in [5, 5.41) is 3.20. The Kier molecular flexibility index (Phi) is 3.94. The first-order valence-corrected chi connectivity index (χ1v) is 8.01. The highest BCUT2D eigenvalue weighted by molar-refractivity contribution is 7.92. The fourth-order valence-electron chi connectivity index (χ4n) is 1.83. The van der Waals surface area contributed by atoms with Crippen molar-refractivity contribution >= 4 is 27.2 Å². The van der Waals surface area contributed by atoms with Crippen molar-refractivity contribution in [3.8, 4) is 0 Å². The lowest BCUT2D eigenvalue weighted by molar-refractivity contribution is 0.607. The summed E-state index contributed by atoms with van der Waals surface area (Å²) in [4.78, 5) is 4.18. The maximum Gasteiger partial charge on any atom is 0.229 e. The van der Waals surface area contributed by atoms with Gasteiger partial charge in [0.15, 0.2) is 0 Å². The van der Waals surface area contributed by atoms with Crippen molar-refractivity contribution in [2.24, 2.45) is 0 Å². The monoisotopic (exact) mass is 291 g/mol. The number of benzene rings is 1. The average molecular weight is 291 g/mol. The van der Waals surface area contributed by atoms with Gasteiger partial charge in [0, 0.05) is 5.69 Å². The number of pyridine rings is 1. The van der Waals surface area contributed by atoms with Crippen LogP contribution >= 0.6 is 0 Å². The molecule has 2 aromatic rings. The summed E-state index contributed by atoms with van der Waals surface area (Å²) in [6.45, 7) is 4.07. The Morgan fingerprint density at radius 2 is 1.85 bits per heavy atom. The minimum atomic E-state index is -3.27. The van der Waals surface area contributed by atoms with Crippen molar-refractivity contribution in [3.63, 3.8) is 0 Å². The van der Waals surface area contributed by atoms with Crippen molar-refractivity contribution in [1.82, 2.24) is 4.98 Å². The van der Waals surface area contributed by atoms with Gasteiger partial charge in [-0.1, -0.05) is 17.7 Å². The summed E-state index contributed by atoms with van der Waals surface area (Å²) in [5.74, 6) is 0.663. The quantitative estimate of drug-likeness (QED) is 0.908. The molecule has 0 amide bonds. The van der Waals surface area contributed by atoms with Gasteiger partial charge in [0.05, 0.1) is 18.1 Å². The Morgan fingerprint density at radius 1 is 1.10 bits per heavy atom. The predicted molar refractivity (Wildman–Crippen MR) is 81.9 cm³/mol. The van der Waals surface area contributed by atoms with Gasteiger partial charge in [0.25, 0.3) is 0 Å². The maximum absolute atomic E-state index is 11.1. The number of hydrogen-bond acceptors (Lipinski definition) is 4. The highest BCUT2D eigenvalue weighted by Gasteiger charge is 2.03. The molecular formula is C14H17N3O2S. The van der Waals surface area contributed by atoms with Crippen LogP contribution in [-0.2, 0) is 10.0 Å². The minimum Gasteiger partial charge on any atom is -0.340 e. The third kappa shape index (κ3) is 3.96. The second-order valence-electron chi connectivity index (χ2n) is 4.75. The van der Waals surface area contributed by atoms with Gasteiger partial charge in [-0.3, -0.25) is 4.72 Å². The summed E-state index contributed by atoms with van der Waals surface area (Å²) >= 11 is 0. The molecule has 106 valence electrons. The molecule has 0 aliphatic heterocycles. The van der Waals surface area contributed by atoms with Gasteiger partial charge < -0.3 is 5.32 Å². The van der Waals surface area contributed by atoms with Gasteiger partial charge >= 0.3 is 0 Å². The van der Waals surface area contributed by atoms with Crippen LogP contribution in [0.3, 0.4) is 0 Å². The van der Waals surface area contributed by atoms with Crippen LogP contribution in [0.25, 0.3) is 0 Å². The standard InChI is InChI=1S/C14H17N3O2S/c1-10-4-6-13(11(2)8-10)16-14-7-5-12(9-15-14)17-20(3,18)19/h4-9,17H,1-3H3,(H,15,16). The molecule has 6 heteroatoms. The molecule has 0 bridgehead atoms. The van der Waals surface area contributed by atoms with Crippen LogP contribution in [0.5, 0.6) is 0 Å². The van der Waals surface area contributed by atoms with Gasteiger partial charge in [0.2, 0.25) is 10.0 Å². The third-order valence-corrected chi connectivity index (χ3v) is 3.32. The number of aryl methyl sites for hydroxylation is 2. The number of nitrogens with zero attached hydrogens (tertiary/aromatic N) is 1. The second kappa shape index (κ2) is 5.50. The minimum absolute atomic E-state index is 0.443. The van der Waals surface area contributed by atoms with Crippen molar-refractivity contribution in [3.05, 3.63) is 47.7 Å². The normalized spacial score (nSPS) is 11.2. The average Bonchev–Trinajstić information content (AvgIpc) is 2.33. The zero-order chi connectivity index (χ0) is 14.8. The van der Waals surface area contributed by atoms with Gasteiger partial charge in [-0.2, -0.15) is 0 Å². The van der Waals surface area contributed by atoms with Gasteiger partial charge in [-0.05, 0) is 37.6 Å². The van der Waals surface area contributed by atoms with Gasteiger partial charge in [-0.15, -0.1) is 0 Å². The molecule has 1 aromatic heterocycles. The van der Waals surface area contributed by atoms with Crippen LogP contribution in [-0.4, -0.2) is 19.7 Å². The second-order valence-corrected chi connectivity index (χ2v) is 6.50. The molecule has 20 heavy (non-hydrogen) atoms. The van der Waals surface area contributed by atoms with E-state index < -0.39 is 10.0 Å². The molecule has 0 saturated heterocycles. The Morgan fingerprint density at radius 3 is 2.40 bits per heavy atom. The van der Waals surface area contributed by atoms with Crippen molar-refractivity contribution in [1.29, 1.82) is 0 Å². The lowest BCUT2D eigenvalue weighted by Crippen LogP contribution is -2.09. The van der Waals surface area contributed by atoms with Gasteiger partial charge in [-0.25, -0.2) is 13.4 Å². The summed E-state index contributed by atoms with van der Waals surface area (Å²) in [5.41, 5.74) is 3.75. The molecule has 0 atom stereocenters.